The van der Waals surface area contributed by atoms with Crippen molar-refractivity contribution in [3.8, 4) is 0 Å². The van der Waals surface area contributed by atoms with Crippen molar-refractivity contribution in [1.29, 1.82) is 0 Å². The molecule has 6 heteroatoms. The second-order valence-electron chi connectivity index (χ2n) is 4.48. The fourth-order valence-electron chi connectivity index (χ4n) is 1.75. The first kappa shape index (κ1) is 15.6. The average molecular weight is 367 g/mol. The molecule has 3 N–H and O–H groups in total. The van der Waals surface area contributed by atoms with Gasteiger partial charge in [0.2, 0.25) is 0 Å². The Balaban J connectivity index is 2.23. The van der Waals surface area contributed by atoms with E-state index in [-0.39, 0.29) is 16.6 Å². The molecule has 0 fully saturated rings. The molecule has 2 rings (SSSR count). The van der Waals surface area contributed by atoms with Crippen molar-refractivity contribution in [3.05, 3.63) is 63.4 Å². The van der Waals surface area contributed by atoms with Gasteiger partial charge in [0.25, 0.3) is 5.91 Å². The molecule has 1 amide bonds. The lowest BCUT2D eigenvalue weighted by Crippen LogP contribution is -2.14. The van der Waals surface area contributed by atoms with Crippen molar-refractivity contribution < 1.29 is 9.18 Å². The van der Waals surface area contributed by atoms with Crippen LogP contribution in [-0.4, -0.2) is 10.9 Å². The van der Waals surface area contributed by atoms with Gasteiger partial charge in [-0.1, -0.05) is 28.1 Å². The maximum Gasteiger partial charge on any atom is 0.255 e. The Morgan fingerprint density at radius 3 is 2.48 bits per heavy atom. The maximum absolute atomic E-state index is 13.9. The zero-order valence-electron chi connectivity index (χ0n) is 11.1. The van der Waals surface area contributed by atoms with Crippen LogP contribution in [0.3, 0.4) is 0 Å². The van der Waals surface area contributed by atoms with Crippen LogP contribution < -0.4 is 11.1 Å². The first-order valence-corrected chi connectivity index (χ1v) is 7.25. The van der Waals surface area contributed by atoms with E-state index < -0.39 is 5.82 Å². The number of benzene rings is 2. The summed E-state index contributed by atoms with van der Waals surface area (Å²) in [6.45, 7) is 1.87. The molecule has 0 saturated heterocycles. The fraction of sp³-hybridized carbons (Fsp3) is 0.0667. The summed E-state index contributed by atoms with van der Waals surface area (Å²) in [5.74, 6) is -0.963. The number of rotatable bonds is 3. The van der Waals surface area contributed by atoms with E-state index >= 15 is 0 Å². The number of carbonyl (C=O) groups is 1. The van der Waals surface area contributed by atoms with Crippen LogP contribution >= 0.6 is 28.1 Å². The van der Waals surface area contributed by atoms with Gasteiger partial charge < -0.3 is 11.1 Å². The number of carbonyl (C=O) groups excluding carboxylic acids is 1. The highest BCUT2D eigenvalue weighted by molar-refractivity contribution is 9.10. The summed E-state index contributed by atoms with van der Waals surface area (Å²) in [5.41, 5.74) is 7.30. The molecule has 0 spiro atoms. The Hall–Kier alpha value is -1.79. The smallest absolute Gasteiger partial charge is 0.255 e. The Bertz CT molecular complexity index is 734. The van der Waals surface area contributed by atoms with Gasteiger partial charge >= 0.3 is 0 Å². The van der Waals surface area contributed by atoms with E-state index in [1.807, 2.05) is 6.92 Å². The van der Waals surface area contributed by atoms with Crippen molar-refractivity contribution in [1.82, 2.24) is 0 Å². The molecule has 0 saturated carbocycles. The van der Waals surface area contributed by atoms with Crippen LogP contribution in [0.4, 0.5) is 10.1 Å². The summed E-state index contributed by atoms with van der Waals surface area (Å²) in [4.78, 5) is 12.2. The minimum absolute atomic E-state index is 0.0839. The number of nitrogens with two attached hydrogens (primary N) is 1. The van der Waals surface area contributed by atoms with Crippen LogP contribution in [0.1, 0.15) is 21.5 Å². The largest absolute Gasteiger partial charge is 0.389 e. The topological polar surface area (TPSA) is 55.1 Å². The van der Waals surface area contributed by atoms with Gasteiger partial charge in [-0.25, -0.2) is 4.39 Å². The van der Waals surface area contributed by atoms with Gasteiger partial charge in [0.1, 0.15) is 10.8 Å². The van der Waals surface area contributed by atoms with E-state index in [2.05, 4.69) is 21.2 Å². The fourth-order valence-corrected chi connectivity index (χ4v) is 2.12. The summed E-state index contributed by atoms with van der Waals surface area (Å²) in [6.07, 6.45) is 0. The lowest BCUT2D eigenvalue weighted by molar-refractivity contribution is 0.102. The SMILES string of the molecule is Cc1cc(C(=O)Nc2ccc(C(N)=S)cc2F)ccc1Br. The number of amides is 1. The van der Waals surface area contributed by atoms with Gasteiger partial charge in [-0.15, -0.1) is 0 Å². The maximum atomic E-state index is 13.9. The highest BCUT2D eigenvalue weighted by Gasteiger charge is 2.11. The molecule has 3 nitrogen and oxygen atoms in total. The number of hydrogen-bond donors (Lipinski definition) is 2. The Kier molecular flexibility index (Phi) is 4.69. The molecule has 0 bridgehead atoms. The minimum atomic E-state index is -0.581. The number of anilines is 1. The number of nitrogens with one attached hydrogen (secondary N) is 1. The van der Waals surface area contributed by atoms with Gasteiger partial charge in [0.15, 0.2) is 0 Å². The standard InChI is InChI=1S/C15H12BrFN2OS/c1-8-6-10(2-4-11(8)16)15(20)19-13-5-3-9(14(18)21)7-12(13)17/h2-7H,1H3,(H2,18,21)(H,19,20). The van der Waals surface area contributed by atoms with Crippen LogP contribution in [0.2, 0.25) is 0 Å². The number of thiocarbonyl (C=S) groups is 1. The third kappa shape index (κ3) is 3.65. The van der Waals surface area contributed by atoms with Crippen LogP contribution in [0.25, 0.3) is 0 Å². The molecule has 0 radical (unpaired) electrons. The highest BCUT2D eigenvalue weighted by Crippen LogP contribution is 2.20. The monoisotopic (exact) mass is 366 g/mol. The van der Waals surface area contributed by atoms with Gasteiger partial charge in [-0.2, -0.15) is 0 Å². The van der Waals surface area contributed by atoms with Crippen molar-refractivity contribution in [2.45, 2.75) is 6.92 Å². The molecule has 0 atom stereocenters. The third-order valence-corrected chi connectivity index (χ3v) is 4.05. The Labute approximate surface area is 135 Å². The normalized spacial score (nSPS) is 10.2. The number of hydrogen-bond acceptors (Lipinski definition) is 2. The third-order valence-electron chi connectivity index (χ3n) is 2.92. The van der Waals surface area contributed by atoms with E-state index in [4.69, 9.17) is 18.0 Å². The highest BCUT2D eigenvalue weighted by atomic mass is 79.9. The summed E-state index contributed by atoms with van der Waals surface area (Å²) in [6, 6.07) is 9.36. The van der Waals surface area contributed by atoms with Gasteiger partial charge in [-0.05, 0) is 48.9 Å². The van der Waals surface area contributed by atoms with Crippen LogP contribution in [0.5, 0.6) is 0 Å². The Morgan fingerprint density at radius 2 is 1.90 bits per heavy atom. The second kappa shape index (κ2) is 6.32. The summed E-state index contributed by atoms with van der Waals surface area (Å²) < 4.78 is 14.8. The minimum Gasteiger partial charge on any atom is -0.389 e. The zero-order chi connectivity index (χ0) is 15.6. The first-order chi connectivity index (χ1) is 9.88. The van der Waals surface area contributed by atoms with Crippen molar-refractivity contribution in [3.63, 3.8) is 0 Å². The molecule has 0 aliphatic rings. The van der Waals surface area contributed by atoms with E-state index in [0.717, 1.165) is 10.0 Å². The molecule has 2 aromatic carbocycles. The van der Waals surface area contributed by atoms with Gasteiger partial charge in [0, 0.05) is 15.6 Å². The lowest BCUT2D eigenvalue weighted by atomic mass is 10.1. The molecular weight excluding hydrogens is 355 g/mol. The number of halogens is 2. The second-order valence-corrected chi connectivity index (χ2v) is 5.77. The molecular formula is C15H12BrFN2OS. The molecule has 2 aromatic rings. The van der Waals surface area contributed by atoms with Gasteiger partial charge in [0.05, 0.1) is 5.69 Å². The molecule has 0 heterocycles. The zero-order valence-corrected chi connectivity index (χ0v) is 13.5. The summed E-state index contributed by atoms with van der Waals surface area (Å²) in [7, 11) is 0. The van der Waals surface area contributed by atoms with Gasteiger partial charge in [-0.3, -0.25) is 4.79 Å². The molecule has 0 aromatic heterocycles. The van der Waals surface area contributed by atoms with Crippen molar-refractivity contribution >= 4 is 44.7 Å². The molecule has 0 aliphatic carbocycles. The van der Waals surface area contributed by atoms with E-state index in [1.165, 1.54) is 12.1 Å². The molecule has 0 unspecified atom stereocenters. The summed E-state index contributed by atoms with van der Waals surface area (Å²) in [5, 5.41) is 2.53. The van der Waals surface area contributed by atoms with E-state index in [0.29, 0.717) is 11.1 Å². The molecule has 21 heavy (non-hydrogen) atoms. The average Bonchev–Trinajstić information content (AvgIpc) is 2.43. The van der Waals surface area contributed by atoms with E-state index in [1.54, 1.807) is 24.3 Å². The van der Waals surface area contributed by atoms with Crippen LogP contribution in [0, 0.1) is 12.7 Å². The quantitative estimate of drug-likeness (QED) is 0.812. The first-order valence-electron chi connectivity index (χ1n) is 6.05. The number of aryl methyl sites for hydroxylation is 1. The van der Waals surface area contributed by atoms with Crippen LogP contribution in [-0.2, 0) is 0 Å². The van der Waals surface area contributed by atoms with Crippen molar-refractivity contribution in [2.75, 3.05) is 5.32 Å². The molecule has 0 aliphatic heterocycles. The lowest BCUT2D eigenvalue weighted by Gasteiger charge is -2.09. The Morgan fingerprint density at radius 1 is 1.24 bits per heavy atom. The molecule has 108 valence electrons. The van der Waals surface area contributed by atoms with Crippen LogP contribution in [0.15, 0.2) is 40.9 Å². The predicted octanol–water partition coefficient (Wildman–Crippen LogP) is 3.78. The predicted molar refractivity (Wildman–Crippen MR) is 89.1 cm³/mol. The van der Waals surface area contributed by atoms with E-state index in [9.17, 15) is 9.18 Å². The summed E-state index contributed by atoms with van der Waals surface area (Å²) >= 11 is 8.14. The van der Waals surface area contributed by atoms with Crippen molar-refractivity contribution in [2.24, 2.45) is 5.73 Å².